The van der Waals surface area contributed by atoms with E-state index in [1.807, 2.05) is 12.1 Å². The largest absolute Gasteiger partial charge is 0.357 e. The van der Waals surface area contributed by atoms with E-state index in [2.05, 4.69) is 20.5 Å². The Balaban J connectivity index is 1.50. The van der Waals surface area contributed by atoms with Crippen molar-refractivity contribution in [1.29, 1.82) is 0 Å². The van der Waals surface area contributed by atoms with Crippen molar-refractivity contribution in [3.8, 4) is 0 Å². The fourth-order valence-electron chi connectivity index (χ4n) is 2.50. The molecular formula is C15H22N4O. The van der Waals surface area contributed by atoms with Gasteiger partial charge in [0.1, 0.15) is 5.82 Å². The van der Waals surface area contributed by atoms with Gasteiger partial charge in [-0.1, -0.05) is 0 Å². The molecule has 1 saturated heterocycles. The number of piperidine rings is 1. The number of pyridine rings is 1. The van der Waals surface area contributed by atoms with E-state index in [0.29, 0.717) is 12.6 Å². The standard InChI is InChI=1S/C15H22N4O/c20-15(11-16-12-4-5-12)18-13-6-7-14(17-10-13)19-8-2-1-3-9-19/h6-7,10,12,16H,1-5,8-9,11H2,(H,18,20). The van der Waals surface area contributed by atoms with Gasteiger partial charge in [0, 0.05) is 19.1 Å². The fraction of sp³-hybridized carbons (Fsp3) is 0.600. The first-order valence-electron chi connectivity index (χ1n) is 7.55. The summed E-state index contributed by atoms with van der Waals surface area (Å²) in [5.74, 6) is 1.02. The van der Waals surface area contributed by atoms with Crippen LogP contribution in [0.4, 0.5) is 11.5 Å². The number of nitrogens with zero attached hydrogens (tertiary/aromatic N) is 2. The highest BCUT2D eigenvalue weighted by atomic mass is 16.1. The van der Waals surface area contributed by atoms with Gasteiger partial charge in [-0.05, 0) is 44.2 Å². The molecule has 1 aliphatic carbocycles. The minimum atomic E-state index is 0.00409. The first kappa shape index (κ1) is 13.4. The number of anilines is 2. The van der Waals surface area contributed by atoms with Gasteiger partial charge in [-0.3, -0.25) is 4.79 Å². The zero-order valence-corrected chi connectivity index (χ0v) is 11.8. The van der Waals surface area contributed by atoms with Crippen LogP contribution in [0, 0.1) is 0 Å². The second kappa shape index (κ2) is 6.22. The molecule has 0 unspecified atom stereocenters. The van der Waals surface area contributed by atoms with Crippen LogP contribution in [-0.4, -0.2) is 36.6 Å². The molecule has 0 atom stereocenters. The number of rotatable bonds is 5. The lowest BCUT2D eigenvalue weighted by Gasteiger charge is -2.27. The highest BCUT2D eigenvalue weighted by molar-refractivity contribution is 5.92. The number of nitrogens with one attached hydrogen (secondary N) is 2. The molecule has 0 bridgehead atoms. The van der Waals surface area contributed by atoms with Crippen molar-refractivity contribution in [3.63, 3.8) is 0 Å². The quantitative estimate of drug-likeness (QED) is 0.859. The molecule has 1 amide bonds. The molecule has 1 saturated carbocycles. The van der Waals surface area contributed by atoms with Crippen molar-refractivity contribution < 1.29 is 4.79 Å². The zero-order valence-electron chi connectivity index (χ0n) is 11.8. The smallest absolute Gasteiger partial charge is 0.238 e. The van der Waals surface area contributed by atoms with Gasteiger partial charge in [-0.25, -0.2) is 4.98 Å². The molecule has 0 radical (unpaired) electrons. The first-order valence-corrected chi connectivity index (χ1v) is 7.55. The van der Waals surface area contributed by atoms with E-state index in [1.54, 1.807) is 6.20 Å². The van der Waals surface area contributed by atoms with Gasteiger partial charge in [-0.15, -0.1) is 0 Å². The van der Waals surface area contributed by atoms with Gasteiger partial charge in [0.2, 0.25) is 5.91 Å². The third-order valence-corrected chi connectivity index (χ3v) is 3.84. The van der Waals surface area contributed by atoms with Gasteiger partial charge < -0.3 is 15.5 Å². The van der Waals surface area contributed by atoms with E-state index in [0.717, 1.165) is 24.6 Å². The van der Waals surface area contributed by atoms with Gasteiger partial charge in [0.25, 0.3) is 0 Å². The number of hydrogen-bond donors (Lipinski definition) is 2. The Morgan fingerprint density at radius 1 is 1.25 bits per heavy atom. The van der Waals surface area contributed by atoms with Gasteiger partial charge in [0.15, 0.2) is 0 Å². The monoisotopic (exact) mass is 274 g/mol. The van der Waals surface area contributed by atoms with E-state index in [4.69, 9.17) is 0 Å². The van der Waals surface area contributed by atoms with Crippen LogP contribution in [0.15, 0.2) is 18.3 Å². The van der Waals surface area contributed by atoms with Crippen LogP contribution in [0.1, 0.15) is 32.1 Å². The number of hydrogen-bond acceptors (Lipinski definition) is 4. The SMILES string of the molecule is O=C(CNC1CC1)Nc1ccc(N2CCCCC2)nc1. The molecule has 2 N–H and O–H groups in total. The summed E-state index contributed by atoms with van der Waals surface area (Å²) in [4.78, 5) is 18.5. The Labute approximate surface area is 119 Å². The van der Waals surface area contributed by atoms with Gasteiger partial charge in [0.05, 0.1) is 18.4 Å². The Morgan fingerprint density at radius 3 is 2.70 bits per heavy atom. The van der Waals surface area contributed by atoms with Crippen molar-refractivity contribution in [1.82, 2.24) is 10.3 Å². The second-order valence-electron chi connectivity index (χ2n) is 5.66. The predicted octanol–water partition coefficient (Wildman–Crippen LogP) is 1.76. The maximum absolute atomic E-state index is 11.7. The van der Waals surface area contributed by atoms with Crippen LogP contribution in [0.2, 0.25) is 0 Å². The van der Waals surface area contributed by atoms with Crippen LogP contribution < -0.4 is 15.5 Å². The Hall–Kier alpha value is -1.62. The van der Waals surface area contributed by atoms with Crippen LogP contribution >= 0.6 is 0 Å². The van der Waals surface area contributed by atoms with Gasteiger partial charge in [-0.2, -0.15) is 0 Å². The summed E-state index contributed by atoms with van der Waals surface area (Å²) in [5, 5.41) is 6.07. The van der Waals surface area contributed by atoms with Crippen LogP contribution in [0.5, 0.6) is 0 Å². The maximum Gasteiger partial charge on any atom is 0.238 e. The van der Waals surface area contributed by atoms with E-state index in [-0.39, 0.29) is 5.91 Å². The average Bonchev–Trinajstić information content (AvgIpc) is 3.31. The zero-order chi connectivity index (χ0) is 13.8. The van der Waals surface area contributed by atoms with Crippen molar-refractivity contribution in [2.75, 3.05) is 29.9 Å². The Kier molecular flexibility index (Phi) is 4.16. The molecule has 1 aliphatic heterocycles. The van der Waals surface area contributed by atoms with Crippen molar-refractivity contribution in [2.24, 2.45) is 0 Å². The fourth-order valence-corrected chi connectivity index (χ4v) is 2.50. The van der Waals surface area contributed by atoms with Crippen LogP contribution in [0.3, 0.4) is 0 Å². The molecule has 0 aromatic carbocycles. The molecular weight excluding hydrogens is 252 g/mol. The molecule has 2 heterocycles. The molecule has 108 valence electrons. The number of carbonyl (C=O) groups is 1. The Bertz CT molecular complexity index is 449. The number of aromatic nitrogens is 1. The van der Waals surface area contributed by atoms with E-state index in [9.17, 15) is 4.79 Å². The third-order valence-electron chi connectivity index (χ3n) is 3.84. The molecule has 5 heteroatoms. The minimum absolute atomic E-state index is 0.00409. The molecule has 0 spiro atoms. The summed E-state index contributed by atoms with van der Waals surface area (Å²) >= 11 is 0. The summed E-state index contributed by atoms with van der Waals surface area (Å²) in [7, 11) is 0. The van der Waals surface area contributed by atoms with E-state index in [1.165, 1.54) is 32.1 Å². The highest BCUT2D eigenvalue weighted by Gasteiger charge is 2.21. The first-order chi connectivity index (χ1) is 9.81. The number of carbonyl (C=O) groups excluding carboxylic acids is 1. The van der Waals surface area contributed by atoms with E-state index >= 15 is 0 Å². The molecule has 1 aromatic rings. The average molecular weight is 274 g/mol. The summed E-state index contributed by atoms with van der Waals surface area (Å²) < 4.78 is 0. The lowest BCUT2D eigenvalue weighted by molar-refractivity contribution is -0.115. The minimum Gasteiger partial charge on any atom is -0.357 e. The lowest BCUT2D eigenvalue weighted by atomic mass is 10.1. The number of amides is 1. The predicted molar refractivity (Wildman–Crippen MR) is 80.0 cm³/mol. The summed E-state index contributed by atoms with van der Waals surface area (Å²) in [5.41, 5.74) is 0.772. The van der Waals surface area contributed by atoms with E-state index < -0.39 is 0 Å². The van der Waals surface area contributed by atoms with Crippen molar-refractivity contribution in [2.45, 2.75) is 38.1 Å². The molecule has 2 aliphatic rings. The van der Waals surface area contributed by atoms with Crippen molar-refractivity contribution in [3.05, 3.63) is 18.3 Å². The molecule has 2 fully saturated rings. The second-order valence-corrected chi connectivity index (χ2v) is 5.66. The summed E-state index contributed by atoms with van der Waals surface area (Å²) in [6.07, 6.45) is 7.94. The maximum atomic E-state index is 11.7. The molecule has 3 rings (SSSR count). The molecule has 5 nitrogen and oxygen atoms in total. The highest BCUT2D eigenvalue weighted by Crippen LogP contribution is 2.19. The topological polar surface area (TPSA) is 57.3 Å². The normalized spacial score (nSPS) is 18.9. The summed E-state index contributed by atoms with van der Waals surface area (Å²) in [6.45, 7) is 2.56. The van der Waals surface area contributed by atoms with Crippen LogP contribution in [-0.2, 0) is 4.79 Å². The van der Waals surface area contributed by atoms with Crippen LogP contribution in [0.25, 0.3) is 0 Å². The molecule has 20 heavy (non-hydrogen) atoms. The van der Waals surface area contributed by atoms with Gasteiger partial charge >= 0.3 is 0 Å². The lowest BCUT2D eigenvalue weighted by Crippen LogP contribution is -2.30. The van der Waals surface area contributed by atoms with Crippen molar-refractivity contribution >= 4 is 17.4 Å². The summed E-state index contributed by atoms with van der Waals surface area (Å²) in [6, 6.07) is 4.49. The third kappa shape index (κ3) is 3.70. The Morgan fingerprint density at radius 2 is 2.05 bits per heavy atom. The molecule has 1 aromatic heterocycles.